The Labute approximate surface area is 309 Å². The number of hydrogen-bond acceptors (Lipinski definition) is 12. The highest BCUT2D eigenvalue weighted by Crippen LogP contribution is 2.12. The van der Waals surface area contributed by atoms with Gasteiger partial charge in [-0.15, -0.1) is 0 Å². The number of carboxylic acid groups (broad SMARTS) is 3. The number of aliphatic imine (C=N–C) groups is 1. The third-order valence-corrected chi connectivity index (χ3v) is 7.61. The van der Waals surface area contributed by atoms with Crippen molar-refractivity contribution in [3.63, 3.8) is 0 Å². The highest BCUT2D eigenvalue weighted by molar-refractivity contribution is 5.96. The summed E-state index contributed by atoms with van der Waals surface area (Å²) in [5.41, 5.74) is 22.4. The van der Waals surface area contributed by atoms with E-state index in [1.807, 2.05) is 0 Å². The van der Waals surface area contributed by atoms with Gasteiger partial charge in [-0.1, -0.05) is 18.6 Å². The molecular formula is C32H50N10O12. The van der Waals surface area contributed by atoms with Crippen LogP contribution in [0.4, 0.5) is 0 Å². The molecule has 1 aromatic rings. The Morgan fingerprint density at radius 1 is 0.685 bits per heavy atom. The van der Waals surface area contributed by atoms with Crippen LogP contribution in [0.1, 0.15) is 56.9 Å². The maximum absolute atomic E-state index is 13.4. The predicted molar refractivity (Wildman–Crippen MR) is 190 cm³/mol. The van der Waals surface area contributed by atoms with Crippen LogP contribution in [0.5, 0.6) is 5.75 Å². The Morgan fingerprint density at radius 3 is 1.87 bits per heavy atom. The van der Waals surface area contributed by atoms with Gasteiger partial charge in [0, 0.05) is 19.4 Å². The van der Waals surface area contributed by atoms with E-state index >= 15 is 0 Å². The number of unbranched alkanes of at least 4 members (excludes halogenated alkanes) is 1. The zero-order valence-electron chi connectivity index (χ0n) is 29.5. The zero-order valence-corrected chi connectivity index (χ0v) is 29.5. The second-order valence-electron chi connectivity index (χ2n) is 12.1. The lowest BCUT2D eigenvalue weighted by molar-refractivity contribution is -0.143. The van der Waals surface area contributed by atoms with Gasteiger partial charge in [-0.25, -0.2) is 4.79 Å². The largest absolute Gasteiger partial charge is 0.508 e. The Balaban J connectivity index is 3.06. The van der Waals surface area contributed by atoms with Gasteiger partial charge in [0.05, 0.1) is 19.0 Å². The van der Waals surface area contributed by atoms with Crippen LogP contribution in [0.25, 0.3) is 0 Å². The highest BCUT2D eigenvalue weighted by Gasteiger charge is 2.31. The Kier molecular flexibility index (Phi) is 20.7. The number of benzene rings is 1. The van der Waals surface area contributed by atoms with E-state index in [-0.39, 0.29) is 43.9 Å². The van der Waals surface area contributed by atoms with Gasteiger partial charge in [-0.3, -0.25) is 38.6 Å². The van der Waals surface area contributed by atoms with Gasteiger partial charge in [-0.05, 0) is 56.3 Å². The van der Waals surface area contributed by atoms with Crippen molar-refractivity contribution in [3.8, 4) is 5.75 Å². The van der Waals surface area contributed by atoms with Crippen LogP contribution in [0, 0.1) is 0 Å². The van der Waals surface area contributed by atoms with E-state index in [1.165, 1.54) is 24.3 Å². The van der Waals surface area contributed by atoms with Gasteiger partial charge in [0.15, 0.2) is 5.96 Å². The Morgan fingerprint density at radius 2 is 1.30 bits per heavy atom. The summed E-state index contributed by atoms with van der Waals surface area (Å²) in [6, 6.07) is -1.55. The maximum atomic E-state index is 13.4. The molecule has 1 rings (SSSR count). The number of aromatic hydroxyl groups is 1. The van der Waals surface area contributed by atoms with Gasteiger partial charge in [0.25, 0.3) is 0 Å². The topological polar surface area (TPSA) is 394 Å². The normalized spacial score (nSPS) is 13.4. The average molecular weight is 767 g/mol. The van der Waals surface area contributed by atoms with E-state index in [0.717, 1.165) is 0 Å². The average Bonchev–Trinajstić information content (AvgIpc) is 3.09. The van der Waals surface area contributed by atoms with Crippen molar-refractivity contribution in [2.75, 3.05) is 19.6 Å². The van der Waals surface area contributed by atoms with Crippen LogP contribution in [0.3, 0.4) is 0 Å². The summed E-state index contributed by atoms with van der Waals surface area (Å²) in [4.78, 5) is 103. The predicted octanol–water partition coefficient (Wildman–Crippen LogP) is -4.08. The summed E-state index contributed by atoms with van der Waals surface area (Å²) in [5.74, 6) is -9.48. The number of carbonyl (C=O) groups excluding carboxylic acids is 5. The minimum absolute atomic E-state index is 0.0572. The number of carboxylic acids is 3. The van der Waals surface area contributed by atoms with Crippen molar-refractivity contribution in [3.05, 3.63) is 29.8 Å². The van der Waals surface area contributed by atoms with Crippen LogP contribution in [0.2, 0.25) is 0 Å². The summed E-state index contributed by atoms with van der Waals surface area (Å²) < 4.78 is 0. The molecule has 300 valence electrons. The molecule has 0 aliphatic heterocycles. The number of nitrogens with zero attached hydrogens (tertiary/aromatic N) is 1. The van der Waals surface area contributed by atoms with Crippen LogP contribution >= 0.6 is 0 Å². The summed E-state index contributed by atoms with van der Waals surface area (Å²) in [6.07, 6.45) is -0.779. The highest BCUT2D eigenvalue weighted by atomic mass is 16.4. The van der Waals surface area contributed by atoms with Crippen LogP contribution in [-0.4, -0.2) is 124 Å². The lowest BCUT2D eigenvalue weighted by Crippen LogP contribution is -2.57. The standard InChI is InChI=1S/C32H50N10O12/c33-12-2-1-4-19(34)27(49)41-22(14-17-6-8-18(43)9-7-17)30(52)42-23(15-26(47)48)28(50)38-16-24(44)39-20(10-11-25(45)46)29(51)40-21(31(53)54)5-3-13-37-32(35)36/h6-9,19-23,43H,1-5,10-16,33-34H2,(H,38,50)(H,39,44)(H,40,51)(H,41,49)(H,42,52)(H,45,46)(H,47,48)(H,53,54)(H4,35,36,37)/t19-,20-,21-,22-,23-/m0/s1. The van der Waals surface area contributed by atoms with Crippen molar-refractivity contribution in [1.82, 2.24) is 26.6 Å². The number of phenolic OH excluding ortho intramolecular Hbond substituents is 1. The molecule has 5 atom stereocenters. The maximum Gasteiger partial charge on any atom is 0.326 e. The first-order valence-electron chi connectivity index (χ1n) is 16.9. The minimum Gasteiger partial charge on any atom is -0.508 e. The first-order chi connectivity index (χ1) is 25.4. The molecule has 5 amide bonds. The van der Waals surface area contributed by atoms with E-state index in [9.17, 15) is 53.7 Å². The third-order valence-electron chi connectivity index (χ3n) is 7.61. The van der Waals surface area contributed by atoms with E-state index in [0.29, 0.717) is 24.9 Å². The smallest absolute Gasteiger partial charge is 0.326 e. The quantitative estimate of drug-likeness (QED) is 0.0242. The molecule has 0 aliphatic rings. The molecule has 17 N–H and O–H groups in total. The fourth-order valence-electron chi connectivity index (χ4n) is 4.76. The van der Waals surface area contributed by atoms with Crippen molar-refractivity contribution in [1.29, 1.82) is 0 Å². The molecule has 0 aromatic heterocycles. The molecule has 0 radical (unpaired) electrons. The number of phenols is 1. The van der Waals surface area contributed by atoms with Gasteiger partial charge < -0.3 is 69.9 Å². The van der Waals surface area contributed by atoms with Crippen LogP contribution in [-0.2, 0) is 44.8 Å². The summed E-state index contributed by atoms with van der Waals surface area (Å²) in [5, 5.41) is 49.0. The third kappa shape index (κ3) is 19.0. The number of rotatable bonds is 26. The van der Waals surface area contributed by atoms with E-state index in [1.54, 1.807) is 0 Å². The molecule has 0 bridgehead atoms. The molecule has 54 heavy (non-hydrogen) atoms. The van der Waals surface area contributed by atoms with Gasteiger partial charge >= 0.3 is 17.9 Å². The molecule has 0 saturated carbocycles. The summed E-state index contributed by atoms with van der Waals surface area (Å²) in [7, 11) is 0. The van der Waals surface area contributed by atoms with Crippen molar-refractivity contribution in [2.45, 2.75) is 88.0 Å². The molecule has 0 aliphatic carbocycles. The van der Waals surface area contributed by atoms with Crippen LogP contribution < -0.4 is 49.5 Å². The second kappa shape index (κ2) is 24.3. The second-order valence-corrected chi connectivity index (χ2v) is 12.1. The summed E-state index contributed by atoms with van der Waals surface area (Å²) >= 11 is 0. The van der Waals surface area contributed by atoms with Gasteiger partial charge in [0.2, 0.25) is 29.5 Å². The number of amides is 5. The van der Waals surface area contributed by atoms with Crippen molar-refractivity contribution < 1.29 is 58.8 Å². The molecule has 22 heteroatoms. The first kappa shape index (κ1) is 46.0. The first-order valence-corrected chi connectivity index (χ1v) is 16.9. The molecule has 0 unspecified atom stereocenters. The Hall–Kier alpha value is -6.03. The molecule has 22 nitrogen and oxygen atoms in total. The molecular weight excluding hydrogens is 716 g/mol. The van der Waals surface area contributed by atoms with E-state index in [2.05, 4.69) is 31.6 Å². The summed E-state index contributed by atoms with van der Waals surface area (Å²) in [6.45, 7) is -0.442. The number of carbonyl (C=O) groups is 8. The Bertz CT molecular complexity index is 1490. The SMILES string of the molecule is NCCCC[C@H](N)C(=O)N[C@@H](Cc1ccc(O)cc1)C(=O)N[C@@H](CC(=O)O)C(=O)NCC(=O)N[C@@H](CCC(=O)O)C(=O)N[C@@H](CCCN=C(N)N)C(=O)O. The number of nitrogens with one attached hydrogen (secondary N) is 5. The van der Waals surface area contributed by atoms with Gasteiger partial charge in [0.1, 0.15) is 29.9 Å². The fraction of sp³-hybridized carbons (Fsp3) is 0.531. The lowest BCUT2D eigenvalue weighted by atomic mass is 10.0. The number of guanidine groups is 1. The molecule has 0 saturated heterocycles. The lowest BCUT2D eigenvalue weighted by Gasteiger charge is -2.24. The fourth-order valence-corrected chi connectivity index (χ4v) is 4.76. The molecule has 1 aromatic carbocycles. The minimum atomic E-state index is -1.78. The van der Waals surface area contributed by atoms with Crippen LogP contribution in [0.15, 0.2) is 29.3 Å². The molecule has 0 fully saturated rings. The van der Waals surface area contributed by atoms with E-state index in [4.69, 9.17) is 28.0 Å². The van der Waals surface area contributed by atoms with E-state index < -0.39 is 103 Å². The van der Waals surface area contributed by atoms with Gasteiger partial charge in [-0.2, -0.15) is 0 Å². The number of nitrogens with two attached hydrogens (primary N) is 4. The monoisotopic (exact) mass is 766 g/mol. The molecule has 0 spiro atoms. The van der Waals surface area contributed by atoms with Crippen molar-refractivity contribution >= 4 is 53.4 Å². The zero-order chi connectivity index (χ0) is 40.8. The number of aliphatic carboxylic acids is 3. The molecule has 0 heterocycles. The number of hydrogen-bond donors (Lipinski definition) is 13. The van der Waals surface area contributed by atoms with Crippen molar-refractivity contribution in [2.24, 2.45) is 27.9 Å².